The van der Waals surface area contributed by atoms with Crippen LogP contribution < -0.4 is 16.0 Å². The number of guanidine groups is 1. The first-order valence-electron chi connectivity index (χ1n) is 9.85. The highest BCUT2D eigenvalue weighted by molar-refractivity contribution is 5.79. The van der Waals surface area contributed by atoms with Gasteiger partial charge in [-0.3, -0.25) is 4.99 Å². The molecule has 1 fully saturated rings. The second-order valence-corrected chi connectivity index (χ2v) is 6.49. The summed E-state index contributed by atoms with van der Waals surface area (Å²) in [6.45, 7) is 8.89. The molecule has 1 unspecified atom stereocenters. The van der Waals surface area contributed by atoms with Crippen LogP contribution in [0.4, 0.5) is 5.69 Å². The molecule has 1 aromatic carbocycles. The fraction of sp³-hybridized carbons (Fsp3) is 0.650. The molecule has 26 heavy (non-hydrogen) atoms. The number of aliphatic imine (C=N–C) groups is 1. The van der Waals surface area contributed by atoms with Crippen LogP contribution in [0.25, 0.3) is 0 Å². The van der Waals surface area contributed by atoms with Gasteiger partial charge in [0.15, 0.2) is 5.96 Å². The maximum atomic E-state index is 5.73. The molecule has 1 aliphatic rings. The highest BCUT2D eigenvalue weighted by Crippen LogP contribution is 2.12. The Kier molecular flexibility index (Phi) is 10.6. The Hall–Kier alpha value is -1.79. The summed E-state index contributed by atoms with van der Waals surface area (Å²) in [5.74, 6) is 1.47. The molecule has 0 bridgehead atoms. The summed E-state index contributed by atoms with van der Waals surface area (Å²) in [7, 11) is 0. The number of nitrogens with zero attached hydrogens (tertiary/aromatic N) is 1. The predicted molar refractivity (Wildman–Crippen MR) is 108 cm³/mol. The first-order valence-corrected chi connectivity index (χ1v) is 9.85. The Morgan fingerprint density at radius 1 is 1.19 bits per heavy atom. The van der Waals surface area contributed by atoms with E-state index in [1.807, 2.05) is 18.2 Å². The normalized spacial score (nSPS) is 17.3. The fourth-order valence-electron chi connectivity index (χ4n) is 2.75. The van der Waals surface area contributed by atoms with E-state index in [0.717, 1.165) is 83.5 Å². The number of rotatable bonds is 12. The lowest BCUT2D eigenvalue weighted by Crippen LogP contribution is -2.38. The van der Waals surface area contributed by atoms with Gasteiger partial charge in [-0.25, -0.2) is 0 Å². The molecule has 1 saturated heterocycles. The number of hydrogen-bond acceptors (Lipinski definition) is 4. The summed E-state index contributed by atoms with van der Waals surface area (Å²) in [6, 6.07) is 10.3. The fourth-order valence-corrected chi connectivity index (χ4v) is 2.75. The number of anilines is 1. The molecule has 6 heteroatoms. The molecule has 1 aliphatic heterocycles. The van der Waals surface area contributed by atoms with Crippen molar-refractivity contribution in [1.82, 2.24) is 10.6 Å². The largest absolute Gasteiger partial charge is 0.385 e. The molecule has 0 spiro atoms. The molecule has 0 radical (unpaired) electrons. The second-order valence-electron chi connectivity index (χ2n) is 6.49. The van der Waals surface area contributed by atoms with Crippen molar-refractivity contribution in [3.63, 3.8) is 0 Å². The third kappa shape index (κ3) is 9.06. The zero-order valence-corrected chi connectivity index (χ0v) is 16.0. The van der Waals surface area contributed by atoms with E-state index in [2.05, 4.69) is 40.0 Å². The van der Waals surface area contributed by atoms with Crippen molar-refractivity contribution in [3.8, 4) is 0 Å². The van der Waals surface area contributed by atoms with E-state index in [0.29, 0.717) is 5.92 Å². The minimum absolute atomic E-state index is 0.589. The van der Waals surface area contributed by atoms with Crippen LogP contribution in [0.2, 0.25) is 0 Å². The SMILES string of the molecule is CCNC(=NCCCNc1ccccc1)NCCCOCC1CCOC1. The zero-order chi connectivity index (χ0) is 18.3. The Morgan fingerprint density at radius 3 is 2.85 bits per heavy atom. The molecule has 146 valence electrons. The molecule has 1 aromatic rings. The number of ether oxygens (including phenoxy) is 2. The Bertz CT molecular complexity index is 490. The maximum Gasteiger partial charge on any atom is 0.191 e. The summed E-state index contributed by atoms with van der Waals surface area (Å²) in [5.41, 5.74) is 1.16. The van der Waals surface area contributed by atoms with Gasteiger partial charge in [-0.15, -0.1) is 0 Å². The first-order chi connectivity index (χ1) is 12.9. The van der Waals surface area contributed by atoms with Gasteiger partial charge in [0.2, 0.25) is 0 Å². The summed E-state index contributed by atoms with van der Waals surface area (Å²) in [5, 5.41) is 10.1. The van der Waals surface area contributed by atoms with E-state index < -0.39 is 0 Å². The van der Waals surface area contributed by atoms with Crippen LogP contribution in [0.3, 0.4) is 0 Å². The van der Waals surface area contributed by atoms with Crippen LogP contribution in [0, 0.1) is 5.92 Å². The average Bonchev–Trinajstić information content (AvgIpc) is 3.18. The van der Waals surface area contributed by atoms with Gasteiger partial charge < -0.3 is 25.4 Å². The van der Waals surface area contributed by atoms with Crippen molar-refractivity contribution < 1.29 is 9.47 Å². The van der Waals surface area contributed by atoms with Crippen LogP contribution in [-0.2, 0) is 9.47 Å². The Morgan fingerprint density at radius 2 is 2.08 bits per heavy atom. The van der Waals surface area contributed by atoms with Crippen molar-refractivity contribution in [1.29, 1.82) is 0 Å². The van der Waals surface area contributed by atoms with Crippen molar-refractivity contribution in [3.05, 3.63) is 30.3 Å². The molecular formula is C20H34N4O2. The van der Waals surface area contributed by atoms with Crippen LogP contribution in [0.5, 0.6) is 0 Å². The van der Waals surface area contributed by atoms with Crippen molar-refractivity contribution in [2.75, 3.05) is 57.9 Å². The molecule has 1 heterocycles. The third-order valence-corrected chi connectivity index (χ3v) is 4.19. The lowest BCUT2D eigenvalue weighted by molar-refractivity contribution is 0.0888. The monoisotopic (exact) mass is 362 g/mol. The summed E-state index contributed by atoms with van der Waals surface area (Å²) in [6.07, 6.45) is 3.11. The van der Waals surface area contributed by atoms with Gasteiger partial charge in [-0.05, 0) is 38.3 Å². The van der Waals surface area contributed by atoms with E-state index >= 15 is 0 Å². The molecule has 3 N–H and O–H groups in total. The maximum absolute atomic E-state index is 5.73. The quantitative estimate of drug-likeness (QED) is 0.303. The van der Waals surface area contributed by atoms with Crippen LogP contribution in [0.1, 0.15) is 26.2 Å². The highest BCUT2D eigenvalue weighted by atomic mass is 16.5. The number of benzene rings is 1. The highest BCUT2D eigenvalue weighted by Gasteiger charge is 2.15. The summed E-state index contributed by atoms with van der Waals surface area (Å²) >= 11 is 0. The smallest absolute Gasteiger partial charge is 0.191 e. The van der Waals surface area contributed by atoms with Gasteiger partial charge in [0.05, 0.1) is 13.2 Å². The molecule has 0 aromatic heterocycles. The number of para-hydroxylation sites is 1. The van der Waals surface area contributed by atoms with Gasteiger partial charge >= 0.3 is 0 Å². The van der Waals surface area contributed by atoms with Gasteiger partial charge in [0, 0.05) is 51.0 Å². The van der Waals surface area contributed by atoms with Gasteiger partial charge in [0.1, 0.15) is 0 Å². The van der Waals surface area contributed by atoms with Gasteiger partial charge in [0.25, 0.3) is 0 Å². The number of hydrogen-bond donors (Lipinski definition) is 3. The van der Waals surface area contributed by atoms with Crippen LogP contribution >= 0.6 is 0 Å². The van der Waals surface area contributed by atoms with Gasteiger partial charge in [-0.1, -0.05) is 18.2 Å². The molecule has 1 atom stereocenters. The summed E-state index contributed by atoms with van der Waals surface area (Å²) < 4.78 is 11.1. The minimum atomic E-state index is 0.589. The van der Waals surface area contributed by atoms with Crippen LogP contribution in [-0.4, -0.2) is 58.6 Å². The van der Waals surface area contributed by atoms with E-state index in [4.69, 9.17) is 9.47 Å². The molecule has 2 rings (SSSR count). The molecule has 0 saturated carbocycles. The zero-order valence-electron chi connectivity index (χ0n) is 16.0. The topological polar surface area (TPSA) is 66.9 Å². The molecule has 0 amide bonds. The van der Waals surface area contributed by atoms with Crippen molar-refractivity contribution >= 4 is 11.6 Å². The second kappa shape index (κ2) is 13.4. The molecule has 6 nitrogen and oxygen atoms in total. The minimum Gasteiger partial charge on any atom is -0.385 e. The average molecular weight is 363 g/mol. The van der Waals surface area contributed by atoms with E-state index in [1.54, 1.807) is 0 Å². The van der Waals surface area contributed by atoms with Crippen molar-refractivity contribution in [2.45, 2.75) is 26.2 Å². The van der Waals surface area contributed by atoms with E-state index in [-0.39, 0.29) is 0 Å². The Balaban J connectivity index is 1.51. The standard InChI is InChI=1S/C20H34N4O2/c1-2-21-20(23-12-6-11-22-19-8-4-3-5-9-19)24-13-7-14-25-16-18-10-15-26-17-18/h3-5,8-9,18,22H,2,6-7,10-17H2,1H3,(H2,21,23,24). The third-order valence-electron chi connectivity index (χ3n) is 4.19. The number of nitrogens with one attached hydrogen (secondary N) is 3. The lowest BCUT2D eigenvalue weighted by Gasteiger charge is -2.12. The van der Waals surface area contributed by atoms with Gasteiger partial charge in [-0.2, -0.15) is 0 Å². The summed E-state index contributed by atoms with van der Waals surface area (Å²) in [4.78, 5) is 4.62. The molecule has 0 aliphatic carbocycles. The predicted octanol–water partition coefficient (Wildman–Crippen LogP) is 2.49. The van der Waals surface area contributed by atoms with E-state index in [9.17, 15) is 0 Å². The molecular weight excluding hydrogens is 328 g/mol. The lowest BCUT2D eigenvalue weighted by atomic mass is 10.1. The van der Waals surface area contributed by atoms with Crippen molar-refractivity contribution in [2.24, 2.45) is 10.9 Å². The van der Waals surface area contributed by atoms with Crippen LogP contribution in [0.15, 0.2) is 35.3 Å². The van der Waals surface area contributed by atoms with E-state index in [1.165, 1.54) is 0 Å². The first kappa shape index (κ1) is 20.5. The Labute approximate surface area is 157 Å².